The van der Waals surface area contributed by atoms with Crippen LogP contribution in [0.3, 0.4) is 0 Å². The molecule has 0 unspecified atom stereocenters. The quantitative estimate of drug-likeness (QED) is 0.757. The molecule has 1 N–H and O–H groups in total. The van der Waals surface area contributed by atoms with Crippen LogP contribution in [0.15, 0.2) is 51.7 Å². The van der Waals surface area contributed by atoms with Crippen molar-refractivity contribution in [2.45, 2.75) is 19.8 Å². The zero-order valence-electron chi connectivity index (χ0n) is 12.1. The second-order valence-electron chi connectivity index (χ2n) is 5.17. The Morgan fingerprint density at radius 3 is 2.55 bits per heavy atom. The van der Waals surface area contributed by atoms with Crippen molar-refractivity contribution in [3.05, 3.63) is 63.5 Å². The first-order chi connectivity index (χ1) is 10.6. The highest BCUT2D eigenvalue weighted by Gasteiger charge is 2.16. The van der Waals surface area contributed by atoms with E-state index in [1.165, 1.54) is 12.1 Å². The molecule has 0 aliphatic rings. The van der Waals surface area contributed by atoms with Crippen LogP contribution in [-0.4, -0.2) is 5.11 Å². The Kier molecular flexibility index (Phi) is 3.90. The van der Waals surface area contributed by atoms with E-state index in [0.29, 0.717) is 33.7 Å². The predicted octanol–water partition coefficient (Wildman–Crippen LogP) is 4.77. The zero-order valence-corrected chi connectivity index (χ0v) is 12.9. The number of hydrogen-bond donors (Lipinski definition) is 1. The third-order valence-corrected chi connectivity index (χ3v) is 3.81. The fourth-order valence-electron chi connectivity index (χ4n) is 2.54. The molecule has 0 fully saturated rings. The van der Waals surface area contributed by atoms with Crippen molar-refractivity contribution in [1.29, 1.82) is 0 Å². The standard InChI is InChI=1S/C18H15ClO3/c1-2-3-15-17(11-4-6-12(19)7-5-11)18(21)14-9-8-13(20)10-16(14)22-15/h4-10,20H,2-3H2,1H3. The maximum atomic E-state index is 12.8. The van der Waals surface area contributed by atoms with Crippen molar-refractivity contribution in [2.24, 2.45) is 0 Å². The molecule has 3 nitrogen and oxygen atoms in total. The van der Waals surface area contributed by atoms with Crippen molar-refractivity contribution < 1.29 is 9.52 Å². The molecule has 22 heavy (non-hydrogen) atoms. The summed E-state index contributed by atoms with van der Waals surface area (Å²) in [7, 11) is 0. The maximum Gasteiger partial charge on any atom is 0.200 e. The highest BCUT2D eigenvalue weighted by Crippen LogP contribution is 2.28. The van der Waals surface area contributed by atoms with Gasteiger partial charge in [0.1, 0.15) is 17.1 Å². The van der Waals surface area contributed by atoms with E-state index in [-0.39, 0.29) is 11.2 Å². The summed E-state index contributed by atoms with van der Waals surface area (Å²) in [6, 6.07) is 11.7. The van der Waals surface area contributed by atoms with Gasteiger partial charge in [0, 0.05) is 17.5 Å². The Morgan fingerprint density at radius 1 is 1.14 bits per heavy atom. The molecule has 0 saturated heterocycles. The molecule has 2 aromatic carbocycles. The summed E-state index contributed by atoms with van der Waals surface area (Å²) in [4.78, 5) is 12.8. The van der Waals surface area contributed by atoms with Crippen LogP contribution in [0.2, 0.25) is 5.02 Å². The number of hydrogen-bond acceptors (Lipinski definition) is 3. The van der Waals surface area contributed by atoms with Gasteiger partial charge in [0.05, 0.1) is 10.9 Å². The second kappa shape index (κ2) is 5.85. The van der Waals surface area contributed by atoms with E-state index >= 15 is 0 Å². The van der Waals surface area contributed by atoms with Gasteiger partial charge in [0.25, 0.3) is 0 Å². The molecular weight excluding hydrogens is 300 g/mol. The Hall–Kier alpha value is -2.26. The number of rotatable bonds is 3. The lowest BCUT2D eigenvalue weighted by atomic mass is 10.00. The van der Waals surface area contributed by atoms with Gasteiger partial charge >= 0.3 is 0 Å². The number of aryl methyl sites for hydroxylation is 1. The summed E-state index contributed by atoms with van der Waals surface area (Å²) >= 11 is 5.92. The SMILES string of the molecule is CCCc1oc2cc(O)ccc2c(=O)c1-c1ccc(Cl)cc1. The van der Waals surface area contributed by atoms with Crippen molar-refractivity contribution in [1.82, 2.24) is 0 Å². The van der Waals surface area contributed by atoms with E-state index < -0.39 is 0 Å². The summed E-state index contributed by atoms with van der Waals surface area (Å²) in [5.41, 5.74) is 1.67. The van der Waals surface area contributed by atoms with Crippen molar-refractivity contribution in [3.63, 3.8) is 0 Å². The largest absolute Gasteiger partial charge is 0.508 e. The molecule has 1 heterocycles. The molecule has 4 heteroatoms. The minimum Gasteiger partial charge on any atom is -0.508 e. The van der Waals surface area contributed by atoms with Gasteiger partial charge in [-0.05, 0) is 36.2 Å². The zero-order chi connectivity index (χ0) is 15.7. The number of halogens is 1. The summed E-state index contributed by atoms with van der Waals surface area (Å²) in [5, 5.41) is 10.7. The molecule has 3 rings (SSSR count). The molecule has 3 aromatic rings. The number of fused-ring (bicyclic) bond motifs is 1. The normalized spacial score (nSPS) is 11.0. The van der Waals surface area contributed by atoms with Crippen LogP contribution in [0.25, 0.3) is 22.1 Å². The summed E-state index contributed by atoms with van der Waals surface area (Å²) < 4.78 is 5.89. The van der Waals surface area contributed by atoms with Crippen LogP contribution in [0, 0.1) is 0 Å². The average molecular weight is 315 g/mol. The van der Waals surface area contributed by atoms with E-state index in [1.54, 1.807) is 18.2 Å². The smallest absolute Gasteiger partial charge is 0.200 e. The molecule has 112 valence electrons. The summed E-state index contributed by atoms with van der Waals surface area (Å²) in [6.07, 6.45) is 1.51. The van der Waals surface area contributed by atoms with Crippen LogP contribution >= 0.6 is 11.6 Å². The van der Waals surface area contributed by atoms with Crippen LogP contribution in [0.4, 0.5) is 0 Å². The average Bonchev–Trinajstić information content (AvgIpc) is 2.49. The molecule has 0 aliphatic heterocycles. The van der Waals surface area contributed by atoms with Crippen molar-refractivity contribution >= 4 is 22.6 Å². The van der Waals surface area contributed by atoms with E-state index in [9.17, 15) is 9.90 Å². The fourth-order valence-corrected chi connectivity index (χ4v) is 2.67. The first-order valence-corrected chi connectivity index (χ1v) is 7.52. The minimum atomic E-state index is -0.0907. The van der Waals surface area contributed by atoms with Crippen molar-refractivity contribution in [2.75, 3.05) is 0 Å². The number of aromatic hydroxyl groups is 1. The fraction of sp³-hybridized carbons (Fsp3) is 0.167. The molecule has 0 atom stereocenters. The van der Waals surface area contributed by atoms with Crippen LogP contribution in [-0.2, 0) is 6.42 Å². The highest BCUT2D eigenvalue weighted by molar-refractivity contribution is 6.30. The first-order valence-electron chi connectivity index (χ1n) is 7.15. The lowest BCUT2D eigenvalue weighted by molar-refractivity contribution is 0.472. The van der Waals surface area contributed by atoms with Crippen LogP contribution in [0.5, 0.6) is 5.75 Å². The molecule has 0 saturated carbocycles. The maximum absolute atomic E-state index is 12.8. The summed E-state index contributed by atoms with van der Waals surface area (Å²) in [6.45, 7) is 2.03. The van der Waals surface area contributed by atoms with Gasteiger partial charge in [-0.15, -0.1) is 0 Å². The van der Waals surface area contributed by atoms with E-state index in [2.05, 4.69) is 0 Å². The number of phenols is 1. The van der Waals surface area contributed by atoms with Gasteiger partial charge in [-0.3, -0.25) is 4.79 Å². The van der Waals surface area contributed by atoms with Crippen LogP contribution in [0.1, 0.15) is 19.1 Å². The third-order valence-electron chi connectivity index (χ3n) is 3.56. The lowest BCUT2D eigenvalue weighted by Crippen LogP contribution is -2.09. The Labute approximate surface area is 132 Å². The lowest BCUT2D eigenvalue weighted by Gasteiger charge is -2.10. The first kappa shape index (κ1) is 14.7. The van der Waals surface area contributed by atoms with E-state index in [1.807, 2.05) is 19.1 Å². The Bertz CT molecular complexity index is 879. The third kappa shape index (κ3) is 2.60. The van der Waals surface area contributed by atoms with Gasteiger partial charge in [-0.1, -0.05) is 30.7 Å². The predicted molar refractivity (Wildman–Crippen MR) is 88.6 cm³/mol. The highest BCUT2D eigenvalue weighted by atomic mass is 35.5. The van der Waals surface area contributed by atoms with Gasteiger partial charge in [-0.25, -0.2) is 0 Å². The molecular formula is C18H15ClO3. The minimum absolute atomic E-state index is 0.0809. The Balaban J connectivity index is 2.33. The van der Waals surface area contributed by atoms with E-state index in [0.717, 1.165) is 12.0 Å². The van der Waals surface area contributed by atoms with Crippen molar-refractivity contribution in [3.8, 4) is 16.9 Å². The number of phenolic OH excluding ortho intramolecular Hbond substituents is 1. The molecule has 0 amide bonds. The van der Waals surface area contributed by atoms with Gasteiger partial charge < -0.3 is 9.52 Å². The van der Waals surface area contributed by atoms with E-state index in [4.69, 9.17) is 16.0 Å². The molecule has 0 aliphatic carbocycles. The molecule has 1 aromatic heterocycles. The van der Waals surface area contributed by atoms with Gasteiger partial charge in [0.2, 0.25) is 5.43 Å². The summed E-state index contributed by atoms with van der Waals surface area (Å²) in [5.74, 6) is 0.713. The topological polar surface area (TPSA) is 50.4 Å². The monoisotopic (exact) mass is 314 g/mol. The number of benzene rings is 2. The molecule has 0 spiro atoms. The molecule has 0 radical (unpaired) electrons. The second-order valence-corrected chi connectivity index (χ2v) is 5.60. The van der Waals surface area contributed by atoms with Gasteiger partial charge in [-0.2, -0.15) is 0 Å². The van der Waals surface area contributed by atoms with Crippen LogP contribution < -0.4 is 5.43 Å². The Morgan fingerprint density at radius 2 is 1.86 bits per heavy atom. The molecule has 0 bridgehead atoms. The van der Waals surface area contributed by atoms with Gasteiger partial charge in [0.15, 0.2) is 0 Å².